The van der Waals surface area contributed by atoms with E-state index in [1.165, 1.54) is 0 Å². The van der Waals surface area contributed by atoms with Crippen molar-refractivity contribution in [2.24, 2.45) is 5.73 Å². The number of nitrogens with two attached hydrogens (primary N) is 1. The first-order chi connectivity index (χ1) is 11.8. The van der Waals surface area contributed by atoms with Crippen LogP contribution in [0.1, 0.15) is 29.6 Å². The van der Waals surface area contributed by atoms with Gasteiger partial charge in [-0.05, 0) is 50.1 Å². The number of hydrogen-bond acceptors (Lipinski definition) is 4. The van der Waals surface area contributed by atoms with Crippen LogP contribution in [0.15, 0.2) is 43.0 Å². The predicted octanol–water partition coefficient (Wildman–Crippen LogP) is 2.69. The van der Waals surface area contributed by atoms with Crippen LogP contribution < -0.4 is 5.73 Å². The number of hydrogen-bond donors (Lipinski definition) is 1. The number of benzene rings is 1. The highest BCUT2D eigenvalue weighted by Crippen LogP contribution is 2.17. The molecule has 26 heavy (non-hydrogen) atoms. The second-order valence-electron chi connectivity index (χ2n) is 6.02. The average Bonchev–Trinajstić information content (AvgIpc) is 3.17. The third kappa shape index (κ3) is 5.71. The standard InChI is InChI=1S/C18H24N4O2.2ClH/c19-8-1-13-24-17-6-10-21(11-7-17)18(23)15-2-4-16(5-3-15)22-12-9-20-14-22;;/h2-5,9,12,14,17H,1,6-8,10-11,13,19H2;2*1H. The molecule has 1 aromatic carbocycles. The van der Waals surface area contributed by atoms with Crippen molar-refractivity contribution in [1.29, 1.82) is 0 Å². The van der Waals surface area contributed by atoms with Gasteiger partial charge in [-0.2, -0.15) is 0 Å². The lowest BCUT2D eigenvalue weighted by Gasteiger charge is -2.32. The minimum atomic E-state index is 0. The van der Waals surface area contributed by atoms with E-state index in [1.807, 2.05) is 39.9 Å². The van der Waals surface area contributed by atoms with Crippen LogP contribution in [0.2, 0.25) is 0 Å². The molecule has 6 nitrogen and oxygen atoms in total. The van der Waals surface area contributed by atoms with Crippen LogP contribution in [0, 0.1) is 0 Å². The van der Waals surface area contributed by atoms with Crippen molar-refractivity contribution in [3.63, 3.8) is 0 Å². The Balaban J connectivity index is 0.00000169. The molecule has 2 heterocycles. The highest BCUT2D eigenvalue weighted by atomic mass is 35.5. The molecule has 0 spiro atoms. The summed E-state index contributed by atoms with van der Waals surface area (Å²) in [4.78, 5) is 18.6. The van der Waals surface area contributed by atoms with Gasteiger partial charge in [-0.25, -0.2) is 4.98 Å². The lowest BCUT2D eigenvalue weighted by atomic mass is 10.1. The summed E-state index contributed by atoms with van der Waals surface area (Å²) in [6, 6.07) is 7.64. The molecular formula is C18H26Cl2N4O2. The summed E-state index contributed by atoms with van der Waals surface area (Å²) in [6.07, 6.45) is 8.29. The summed E-state index contributed by atoms with van der Waals surface area (Å²) in [5, 5.41) is 0. The molecule has 1 saturated heterocycles. The van der Waals surface area contributed by atoms with Gasteiger partial charge in [0.25, 0.3) is 5.91 Å². The van der Waals surface area contributed by atoms with Crippen molar-refractivity contribution in [3.8, 4) is 5.69 Å². The fraction of sp³-hybridized carbons (Fsp3) is 0.444. The molecule has 1 fully saturated rings. The summed E-state index contributed by atoms with van der Waals surface area (Å²) in [5.41, 5.74) is 7.19. The fourth-order valence-corrected chi connectivity index (χ4v) is 2.93. The van der Waals surface area contributed by atoms with Crippen molar-refractivity contribution < 1.29 is 9.53 Å². The maximum absolute atomic E-state index is 12.6. The van der Waals surface area contributed by atoms with Crippen LogP contribution in [0.5, 0.6) is 0 Å². The normalized spacial score (nSPS) is 14.4. The maximum atomic E-state index is 12.6. The van der Waals surface area contributed by atoms with Gasteiger partial charge in [0.1, 0.15) is 0 Å². The zero-order valence-electron chi connectivity index (χ0n) is 14.6. The largest absolute Gasteiger partial charge is 0.378 e. The van der Waals surface area contributed by atoms with Gasteiger partial charge in [0.05, 0.1) is 12.4 Å². The van der Waals surface area contributed by atoms with E-state index >= 15 is 0 Å². The summed E-state index contributed by atoms with van der Waals surface area (Å²) >= 11 is 0. The number of likely N-dealkylation sites (tertiary alicyclic amines) is 1. The van der Waals surface area contributed by atoms with Crippen LogP contribution in [0.25, 0.3) is 5.69 Å². The summed E-state index contributed by atoms with van der Waals surface area (Å²) in [5.74, 6) is 0.0904. The van der Waals surface area contributed by atoms with Crippen LogP contribution in [0.4, 0.5) is 0 Å². The molecule has 0 unspecified atom stereocenters. The third-order valence-electron chi connectivity index (χ3n) is 4.35. The predicted molar refractivity (Wildman–Crippen MR) is 107 cm³/mol. The molecule has 144 valence electrons. The molecule has 0 atom stereocenters. The number of nitrogens with zero attached hydrogens (tertiary/aromatic N) is 3. The quantitative estimate of drug-likeness (QED) is 0.756. The van der Waals surface area contributed by atoms with Crippen molar-refractivity contribution in [3.05, 3.63) is 48.5 Å². The Morgan fingerprint density at radius 3 is 2.46 bits per heavy atom. The first-order valence-corrected chi connectivity index (χ1v) is 8.47. The van der Waals surface area contributed by atoms with Gasteiger partial charge in [-0.3, -0.25) is 4.79 Å². The topological polar surface area (TPSA) is 73.4 Å². The van der Waals surface area contributed by atoms with E-state index < -0.39 is 0 Å². The van der Waals surface area contributed by atoms with Crippen LogP contribution in [-0.2, 0) is 4.74 Å². The molecule has 3 rings (SSSR count). The van der Waals surface area contributed by atoms with Gasteiger partial charge in [-0.1, -0.05) is 0 Å². The molecule has 1 aromatic heterocycles. The minimum Gasteiger partial charge on any atom is -0.378 e. The fourth-order valence-electron chi connectivity index (χ4n) is 2.93. The van der Waals surface area contributed by atoms with Gasteiger partial charge in [0.15, 0.2) is 0 Å². The number of halogens is 2. The smallest absolute Gasteiger partial charge is 0.253 e. The van der Waals surface area contributed by atoms with Crippen molar-refractivity contribution in [2.45, 2.75) is 25.4 Å². The SMILES string of the molecule is Cl.Cl.NCCCOC1CCN(C(=O)c2ccc(-n3ccnc3)cc2)CC1. The van der Waals surface area contributed by atoms with E-state index in [1.54, 1.807) is 12.5 Å². The molecule has 1 aliphatic heterocycles. The number of carbonyl (C=O) groups excluding carboxylic acids is 1. The molecular weight excluding hydrogens is 375 g/mol. The summed E-state index contributed by atoms with van der Waals surface area (Å²) < 4.78 is 7.70. The van der Waals surface area contributed by atoms with E-state index in [0.717, 1.165) is 43.6 Å². The van der Waals surface area contributed by atoms with E-state index in [2.05, 4.69) is 4.98 Å². The van der Waals surface area contributed by atoms with Gasteiger partial charge >= 0.3 is 0 Å². The number of ether oxygens (including phenoxy) is 1. The molecule has 0 saturated carbocycles. The molecule has 8 heteroatoms. The van der Waals surface area contributed by atoms with E-state index in [4.69, 9.17) is 10.5 Å². The van der Waals surface area contributed by atoms with Crippen LogP contribution in [-0.4, -0.2) is 52.7 Å². The summed E-state index contributed by atoms with van der Waals surface area (Å²) in [7, 11) is 0. The zero-order valence-corrected chi connectivity index (χ0v) is 16.3. The maximum Gasteiger partial charge on any atom is 0.253 e. The lowest BCUT2D eigenvalue weighted by Crippen LogP contribution is -2.41. The molecule has 0 bridgehead atoms. The third-order valence-corrected chi connectivity index (χ3v) is 4.35. The van der Waals surface area contributed by atoms with E-state index in [-0.39, 0.29) is 36.8 Å². The van der Waals surface area contributed by atoms with Gasteiger partial charge < -0.3 is 19.9 Å². The minimum absolute atomic E-state index is 0. The molecule has 2 aromatic rings. The molecule has 2 N–H and O–H groups in total. The number of aromatic nitrogens is 2. The second kappa shape index (κ2) is 11.2. The number of piperidine rings is 1. The van der Waals surface area contributed by atoms with Crippen LogP contribution in [0.3, 0.4) is 0 Å². The first kappa shape index (κ1) is 22.4. The number of carbonyl (C=O) groups is 1. The highest BCUT2D eigenvalue weighted by molar-refractivity contribution is 5.94. The average molecular weight is 401 g/mol. The first-order valence-electron chi connectivity index (χ1n) is 8.47. The molecule has 1 aliphatic rings. The number of amides is 1. The second-order valence-corrected chi connectivity index (χ2v) is 6.02. The summed E-state index contributed by atoms with van der Waals surface area (Å²) in [6.45, 7) is 2.86. The number of rotatable bonds is 6. The Kier molecular flexibility index (Phi) is 9.65. The monoisotopic (exact) mass is 400 g/mol. The van der Waals surface area contributed by atoms with Crippen molar-refractivity contribution in [1.82, 2.24) is 14.5 Å². The number of imidazole rings is 1. The van der Waals surface area contributed by atoms with Crippen molar-refractivity contribution >= 4 is 30.7 Å². The molecule has 1 amide bonds. The Bertz CT molecular complexity index is 642. The van der Waals surface area contributed by atoms with E-state index in [0.29, 0.717) is 13.2 Å². The van der Waals surface area contributed by atoms with Gasteiger partial charge in [0.2, 0.25) is 0 Å². The zero-order chi connectivity index (χ0) is 16.8. The molecule has 0 radical (unpaired) electrons. The highest BCUT2D eigenvalue weighted by Gasteiger charge is 2.23. The Hall–Kier alpha value is -1.60. The van der Waals surface area contributed by atoms with Crippen molar-refractivity contribution in [2.75, 3.05) is 26.2 Å². The molecule has 0 aliphatic carbocycles. The van der Waals surface area contributed by atoms with E-state index in [9.17, 15) is 4.79 Å². The van der Waals surface area contributed by atoms with Crippen LogP contribution >= 0.6 is 24.8 Å². The Morgan fingerprint density at radius 1 is 1.19 bits per heavy atom. The Morgan fingerprint density at radius 2 is 1.88 bits per heavy atom. The lowest BCUT2D eigenvalue weighted by molar-refractivity contribution is 0.00845. The Labute approximate surface area is 166 Å². The van der Waals surface area contributed by atoms with Gasteiger partial charge in [0, 0.05) is 43.3 Å². The van der Waals surface area contributed by atoms with Gasteiger partial charge in [-0.15, -0.1) is 24.8 Å².